The number of nitrogens with one attached hydrogen (secondary N) is 1. The molecule has 76 valence electrons. The first kappa shape index (κ1) is 10.5. The lowest BCUT2D eigenvalue weighted by atomic mass is 10.4. The van der Waals surface area contributed by atoms with Gasteiger partial charge in [0, 0.05) is 7.05 Å². The third kappa shape index (κ3) is 2.02. The van der Waals surface area contributed by atoms with Crippen LogP contribution in [0.15, 0.2) is 18.3 Å². The molecule has 0 aliphatic carbocycles. The minimum atomic E-state index is 0.841. The largest absolute Gasteiger partial charge is 0.372 e. The summed E-state index contributed by atoms with van der Waals surface area (Å²) in [6.07, 6.45) is 1.86. The molecule has 0 aliphatic rings. The highest BCUT2D eigenvalue weighted by Crippen LogP contribution is 2.07. The van der Waals surface area contributed by atoms with Gasteiger partial charge < -0.3 is 5.32 Å². The maximum atomic E-state index is 4.26. The molecule has 0 spiro atoms. The van der Waals surface area contributed by atoms with Gasteiger partial charge in [-0.3, -0.25) is 0 Å². The maximum Gasteiger partial charge on any atom is 0.156 e. The van der Waals surface area contributed by atoms with Crippen LogP contribution in [0.2, 0.25) is 0 Å². The Labute approximate surface area is 84.0 Å². The summed E-state index contributed by atoms with van der Waals surface area (Å²) in [5, 5.41) is 7.22. The van der Waals surface area contributed by atoms with Crippen molar-refractivity contribution in [2.45, 2.75) is 20.8 Å². The van der Waals surface area contributed by atoms with E-state index in [-0.39, 0.29) is 0 Å². The minimum absolute atomic E-state index is 0.841. The summed E-state index contributed by atoms with van der Waals surface area (Å²) < 4.78 is 1.77. The molecule has 2 aromatic heterocycles. The molecule has 2 rings (SSSR count). The summed E-state index contributed by atoms with van der Waals surface area (Å²) in [5.41, 5.74) is 1.85. The van der Waals surface area contributed by atoms with Crippen molar-refractivity contribution in [3.63, 3.8) is 0 Å². The number of aryl methyl sites for hydroxylation is 1. The van der Waals surface area contributed by atoms with Gasteiger partial charge in [0.25, 0.3) is 0 Å². The van der Waals surface area contributed by atoms with Gasteiger partial charge in [-0.05, 0) is 19.1 Å². The fraction of sp³-hybridized carbons (Fsp3) is 0.400. The third-order valence-electron chi connectivity index (χ3n) is 1.71. The lowest BCUT2D eigenvalue weighted by molar-refractivity contribution is 0.901. The first-order valence-electron chi connectivity index (χ1n) is 4.80. The fourth-order valence-corrected chi connectivity index (χ4v) is 1.10. The van der Waals surface area contributed by atoms with E-state index in [2.05, 4.69) is 15.4 Å². The molecule has 0 aliphatic heterocycles. The third-order valence-corrected chi connectivity index (χ3v) is 1.71. The number of nitrogens with zero attached hydrogens (tertiary/aromatic N) is 3. The normalized spacial score (nSPS) is 9.43. The van der Waals surface area contributed by atoms with Crippen molar-refractivity contribution in [3.8, 4) is 0 Å². The van der Waals surface area contributed by atoms with E-state index in [1.165, 1.54) is 0 Å². The summed E-state index contributed by atoms with van der Waals surface area (Å²) in [6, 6.07) is 3.89. The number of imidazole rings is 1. The van der Waals surface area contributed by atoms with Crippen LogP contribution < -0.4 is 5.32 Å². The molecule has 0 saturated carbocycles. The smallest absolute Gasteiger partial charge is 0.156 e. The van der Waals surface area contributed by atoms with Crippen molar-refractivity contribution >= 4 is 11.5 Å². The Morgan fingerprint density at radius 1 is 1.29 bits per heavy atom. The zero-order valence-electron chi connectivity index (χ0n) is 9.07. The second-order valence-corrected chi connectivity index (χ2v) is 2.65. The molecule has 0 aromatic carbocycles. The van der Waals surface area contributed by atoms with Gasteiger partial charge >= 0.3 is 0 Å². The lowest BCUT2D eigenvalue weighted by Gasteiger charge is -1.91. The van der Waals surface area contributed by atoms with Crippen LogP contribution in [0, 0.1) is 6.92 Å². The monoisotopic (exact) mass is 192 g/mol. The summed E-state index contributed by atoms with van der Waals surface area (Å²) in [4.78, 5) is 4.26. The van der Waals surface area contributed by atoms with E-state index in [1.807, 2.05) is 46.1 Å². The van der Waals surface area contributed by atoms with E-state index in [4.69, 9.17) is 0 Å². The highest BCUT2D eigenvalue weighted by molar-refractivity contribution is 5.47. The Kier molecular flexibility index (Phi) is 3.45. The molecule has 2 heterocycles. The molecule has 0 amide bonds. The van der Waals surface area contributed by atoms with Crippen molar-refractivity contribution in [2.75, 3.05) is 12.4 Å². The zero-order valence-corrected chi connectivity index (χ0v) is 9.07. The fourth-order valence-electron chi connectivity index (χ4n) is 1.10. The summed E-state index contributed by atoms with van der Waals surface area (Å²) >= 11 is 0. The number of hydrogen-bond donors (Lipinski definition) is 1. The minimum Gasteiger partial charge on any atom is -0.372 e. The Balaban J connectivity index is 0.000000461. The molecule has 0 bridgehead atoms. The molecule has 1 N–H and O–H groups in total. The Bertz CT molecular complexity index is 405. The molecule has 4 heteroatoms. The van der Waals surface area contributed by atoms with Crippen LogP contribution >= 0.6 is 0 Å². The summed E-state index contributed by atoms with van der Waals surface area (Å²) in [5.74, 6) is 0.841. The van der Waals surface area contributed by atoms with E-state index < -0.39 is 0 Å². The number of anilines is 1. The molecule has 2 aromatic rings. The molecule has 0 unspecified atom stereocenters. The topological polar surface area (TPSA) is 42.2 Å². The predicted octanol–water partition coefficient (Wildman–Crippen LogP) is 2.11. The second-order valence-electron chi connectivity index (χ2n) is 2.65. The van der Waals surface area contributed by atoms with Crippen LogP contribution in [-0.4, -0.2) is 21.6 Å². The molecular weight excluding hydrogens is 176 g/mol. The Hall–Kier alpha value is -1.58. The predicted molar refractivity (Wildman–Crippen MR) is 58.6 cm³/mol. The standard InChI is InChI=1S/C8H10N4.C2H6/c1-6-3-4-8-10-7(9-2)5-12(8)11-6;1-2/h3-5,9H,1-2H3;1-2H3. The number of fused-ring (bicyclic) bond motifs is 1. The number of aromatic nitrogens is 3. The summed E-state index contributed by atoms with van der Waals surface area (Å²) in [6.45, 7) is 5.96. The van der Waals surface area contributed by atoms with Crippen molar-refractivity contribution < 1.29 is 0 Å². The van der Waals surface area contributed by atoms with Gasteiger partial charge in [-0.2, -0.15) is 5.10 Å². The molecular formula is C10H16N4. The van der Waals surface area contributed by atoms with E-state index in [1.54, 1.807) is 4.52 Å². The van der Waals surface area contributed by atoms with Gasteiger partial charge in [0.15, 0.2) is 5.65 Å². The van der Waals surface area contributed by atoms with Crippen molar-refractivity contribution in [2.24, 2.45) is 0 Å². The van der Waals surface area contributed by atoms with Gasteiger partial charge in [0.05, 0.1) is 11.9 Å². The van der Waals surface area contributed by atoms with Crippen LogP contribution in [0.3, 0.4) is 0 Å². The average Bonchev–Trinajstić information content (AvgIpc) is 2.62. The molecule has 0 atom stereocenters. The first-order valence-corrected chi connectivity index (χ1v) is 4.80. The maximum absolute atomic E-state index is 4.26. The highest BCUT2D eigenvalue weighted by Gasteiger charge is 1.98. The zero-order chi connectivity index (χ0) is 10.6. The van der Waals surface area contributed by atoms with E-state index >= 15 is 0 Å². The Morgan fingerprint density at radius 2 is 2.00 bits per heavy atom. The molecule has 4 nitrogen and oxygen atoms in total. The van der Waals surface area contributed by atoms with Crippen LogP contribution in [0.4, 0.5) is 5.82 Å². The van der Waals surface area contributed by atoms with Crippen molar-refractivity contribution in [1.29, 1.82) is 0 Å². The SMILES string of the molecule is CC.CNc1cn2nc(C)ccc2n1. The molecule has 14 heavy (non-hydrogen) atoms. The molecule has 0 radical (unpaired) electrons. The average molecular weight is 192 g/mol. The van der Waals surface area contributed by atoms with Crippen LogP contribution in [0.25, 0.3) is 5.65 Å². The van der Waals surface area contributed by atoms with Crippen molar-refractivity contribution in [1.82, 2.24) is 14.6 Å². The summed E-state index contributed by atoms with van der Waals surface area (Å²) in [7, 11) is 1.84. The Morgan fingerprint density at radius 3 is 2.64 bits per heavy atom. The van der Waals surface area contributed by atoms with Gasteiger partial charge in [-0.1, -0.05) is 13.8 Å². The molecule has 0 saturated heterocycles. The second kappa shape index (κ2) is 4.60. The van der Waals surface area contributed by atoms with Gasteiger partial charge in [-0.25, -0.2) is 9.50 Å². The number of rotatable bonds is 1. The quantitative estimate of drug-likeness (QED) is 0.752. The van der Waals surface area contributed by atoms with E-state index in [9.17, 15) is 0 Å². The van der Waals surface area contributed by atoms with Gasteiger partial charge in [0.1, 0.15) is 5.82 Å². The lowest BCUT2D eigenvalue weighted by Crippen LogP contribution is -1.91. The molecule has 0 fully saturated rings. The van der Waals surface area contributed by atoms with Gasteiger partial charge in [0.2, 0.25) is 0 Å². The van der Waals surface area contributed by atoms with E-state index in [0.29, 0.717) is 0 Å². The number of hydrogen-bond acceptors (Lipinski definition) is 3. The van der Waals surface area contributed by atoms with Crippen LogP contribution in [0.1, 0.15) is 19.5 Å². The first-order chi connectivity index (χ1) is 6.79. The van der Waals surface area contributed by atoms with Crippen LogP contribution in [0.5, 0.6) is 0 Å². The van der Waals surface area contributed by atoms with Gasteiger partial charge in [-0.15, -0.1) is 0 Å². The van der Waals surface area contributed by atoms with Crippen LogP contribution in [-0.2, 0) is 0 Å². The van der Waals surface area contributed by atoms with E-state index in [0.717, 1.165) is 17.2 Å². The van der Waals surface area contributed by atoms with Crippen molar-refractivity contribution in [3.05, 3.63) is 24.0 Å². The highest BCUT2D eigenvalue weighted by atomic mass is 15.3.